The van der Waals surface area contributed by atoms with Gasteiger partial charge < -0.3 is 9.47 Å². The van der Waals surface area contributed by atoms with Crippen molar-refractivity contribution in [2.45, 2.75) is 24.8 Å². The summed E-state index contributed by atoms with van der Waals surface area (Å²) in [5, 5.41) is 0. The maximum Gasteiger partial charge on any atom is 0.244 e. The van der Waals surface area contributed by atoms with Crippen molar-refractivity contribution >= 4 is 10.0 Å². The Labute approximate surface area is 162 Å². The second-order valence-electron chi connectivity index (χ2n) is 6.02. The number of hydrogen-bond donors (Lipinski definition) is 1. The zero-order chi connectivity index (χ0) is 19.9. The lowest BCUT2D eigenvalue weighted by Crippen LogP contribution is -2.38. The number of likely N-dealkylation sites (N-methyl/N-ethyl adjacent to an activating group) is 1. The van der Waals surface area contributed by atoms with Crippen molar-refractivity contribution in [3.8, 4) is 11.5 Å². The van der Waals surface area contributed by atoms with Crippen LogP contribution in [0.1, 0.15) is 25.5 Å². The van der Waals surface area contributed by atoms with Crippen LogP contribution in [0.4, 0.5) is 0 Å². The Kier molecular flexibility index (Phi) is 7.65. The molecule has 0 fully saturated rings. The summed E-state index contributed by atoms with van der Waals surface area (Å²) < 4.78 is 38.9. The Balaban J connectivity index is 2.30. The van der Waals surface area contributed by atoms with Gasteiger partial charge >= 0.3 is 0 Å². The number of ether oxygens (including phenoxy) is 2. The summed E-state index contributed by atoms with van der Waals surface area (Å²) in [6.07, 6.45) is 0. The van der Waals surface area contributed by atoms with Crippen molar-refractivity contribution in [1.82, 2.24) is 9.62 Å². The molecule has 0 heterocycles. The lowest BCUT2D eigenvalue weighted by atomic mass is 10.0. The van der Waals surface area contributed by atoms with E-state index < -0.39 is 10.0 Å². The van der Waals surface area contributed by atoms with E-state index in [4.69, 9.17) is 9.47 Å². The van der Waals surface area contributed by atoms with Crippen LogP contribution in [0.2, 0.25) is 0 Å². The van der Waals surface area contributed by atoms with Crippen LogP contribution in [-0.4, -0.2) is 47.2 Å². The highest BCUT2D eigenvalue weighted by Gasteiger charge is 2.24. The van der Waals surface area contributed by atoms with Crippen LogP contribution >= 0.6 is 0 Å². The van der Waals surface area contributed by atoms with Crippen LogP contribution in [0.25, 0.3) is 0 Å². The van der Waals surface area contributed by atoms with Crippen molar-refractivity contribution in [2.24, 2.45) is 0 Å². The Morgan fingerprint density at radius 3 is 2.33 bits per heavy atom. The average molecular weight is 393 g/mol. The maximum absolute atomic E-state index is 12.8. The molecule has 0 bridgehead atoms. The molecule has 6 nitrogen and oxygen atoms in total. The lowest BCUT2D eigenvalue weighted by molar-refractivity contribution is 0.219. The van der Waals surface area contributed by atoms with Crippen molar-refractivity contribution in [2.75, 3.05) is 33.9 Å². The topological polar surface area (TPSA) is 67.9 Å². The molecule has 0 saturated carbocycles. The quantitative estimate of drug-likeness (QED) is 0.673. The Hall–Kier alpha value is -2.09. The minimum atomic E-state index is -3.70. The van der Waals surface area contributed by atoms with Crippen LogP contribution < -0.4 is 14.2 Å². The summed E-state index contributed by atoms with van der Waals surface area (Å²) in [4.78, 5) is 2.34. The molecule has 148 valence electrons. The van der Waals surface area contributed by atoms with E-state index in [1.807, 2.05) is 24.3 Å². The molecule has 1 N–H and O–H groups in total. The first-order valence-corrected chi connectivity index (χ1v) is 10.5. The van der Waals surface area contributed by atoms with E-state index in [2.05, 4.69) is 23.5 Å². The number of sulfonamides is 1. The number of benzene rings is 2. The van der Waals surface area contributed by atoms with Gasteiger partial charge in [0.1, 0.15) is 16.4 Å². The molecule has 1 unspecified atom stereocenters. The van der Waals surface area contributed by atoms with E-state index in [1.54, 1.807) is 31.4 Å². The molecule has 2 aromatic carbocycles. The highest BCUT2D eigenvalue weighted by molar-refractivity contribution is 7.89. The Bertz CT molecular complexity index is 835. The fraction of sp³-hybridized carbons (Fsp3) is 0.400. The zero-order valence-corrected chi connectivity index (χ0v) is 17.1. The number of nitrogens with zero attached hydrogens (tertiary/aromatic N) is 1. The highest BCUT2D eigenvalue weighted by atomic mass is 32.2. The van der Waals surface area contributed by atoms with Crippen molar-refractivity contribution in [1.29, 1.82) is 0 Å². The van der Waals surface area contributed by atoms with Crippen molar-refractivity contribution in [3.63, 3.8) is 0 Å². The van der Waals surface area contributed by atoms with E-state index in [9.17, 15) is 8.42 Å². The molecule has 1 atom stereocenters. The standard InChI is InChI=1S/C20H28N2O4S/c1-5-22(6-2)18(16-10-9-11-17(14-16)25-3)15-21-27(23,24)20-13-8-7-12-19(20)26-4/h7-14,18,21H,5-6,15H2,1-4H3. The summed E-state index contributed by atoms with van der Waals surface area (Å²) in [5.74, 6) is 1.07. The molecule has 0 saturated heterocycles. The predicted molar refractivity (Wildman–Crippen MR) is 107 cm³/mol. The lowest BCUT2D eigenvalue weighted by Gasteiger charge is -2.30. The maximum atomic E-state index is 12.8. The minimum absolute atomic E-state index is 0.111. The SMILES string of the molecule is CCN(CC)C(CNS(=O)(=O)c1ccccc1OC)c1cccc(OC)c1. The number of rotatable bonds is 10. The summed E-state index contributed by atoms with van der Waals surface area (Å²) in [5.41, 5.74) is 1.00. The molecular formula is C20H28N2O4S. The highest BCUT2D eigenvalue weighted by Crippen LogP contribution is 2.26. The van der Waals surface area contributed by atoms with Crippen LogP contribution in [0.3, 0.4) is 0 Å². The molecule has 0 aromatic heterocycles. The van der Waals surface area contributed by atoms with E-state index in [0.29, 0.717) is 5.75 Å². The fourth-order valence-corrected chi connectivity index (χ4v) is 4.28. The summed E-state index contributed by atoms with van der Waals surface area (Å²) in [6.45, 7) is 5.97. The van der Waals surface area contributed by atoms with Crippen molar-refractivity contribution < 1.29 is 17.9 Å². The molecule has 2 rings (SSSR count). The van der Waals surface area contributed by atoms with E-state index in [0.717, 1.165) is 24.4 Å². The van der Waals surface area contributed by atoms with Crippen LogP contribution in [0.5, 0.6) is 11.5 Å². The molecule has 7 heteroatoms. The number of nitrogens with one attached hydrogen (secondary N) is 1. The second kappa shape index (κ2) is 9.73. The second-order valence-corrected chi connectivity index (χ2v) is 7.75. The third kappa shape index (κ3) is 5.22. The first-order chi connectivity index (χ1) is 13.0. The van der Waals surface area contributed by atoms with E-state index in [-0.39, 0.29) is 17.5 Å². The van der Waals surface area contributed by atoms with Gasteiger partial charge in [-0.1, -0.05) is 38.1 Å². The van der Waals surface area contributed by atoms with Gasteiger partial charge in [0, 0.05) is 12.6 Å². The Morgan fingerprint density at radius 2 is 1.70 bits per heavy atom. The molecule has 0 spiro atoms. The van der Waals surface area contributed by atoms with Crippen LogP contribution in [0.15, 0.2) is 53.4 Å². The minimum Gasteiger partial charge on any atom is -0.497 e. The predicted octanol–water partition coefficient (Wildman–Crippen LogP) is 3.07. The van der Waals surface area contributed by atoms with E-state index in [1.165, 1.54) is 7.11 Å². The molecule has 0 aliphatic heterocycles. The van der Waals surface area contributed by atoms with Gasteiger partial charge in [-0.15, -0.1) is 0 Å². The molecule has 0 aliphatic carbocycles. The van der Waals surface area contributed by atoms with Gasteiger partial charge in [-0.3, -0.25) is 4.90 Å². The van der Waals surface area contributed by atoms with E-state index >= 15 is 0 Å². The van der Waals surface area contributed by atoms with Gasteiger partial charge in [0.15, 0.2) is 0 Å². The van der Waals surface area contributed by atoms with Gasteiger partial charge in [0.25, 0.3) is 0 Å². The first-order valence-electron chi connectivity index (χ1n) is 8.97. The number of methoxy groups -OCH3 is 2. The van der Waals surface area contributed by atoms with Gasteiger partial charge in [-0.25, -0.2) is 13.1 Å². The smallest absolute Gasteiger partial charge is 0.244 e. The monoisotopic (exact) mass is 392 g/mol. The molecule has 2 aromatic rings. The summed E-state index contributed by atoms with van der Waals surface area (Å²) in [7, 11) is -0.622. The summed E-state index contributed by atoms with van der Waals surface area (Å²) >= 11 is 0. The normalized spacial score (nSPS) is 12.8. The fourth-order valence-electron chi connectivity index (χ4n) is 3.08. The zero-order valence-electron chi connectivity index (χ0n) is 16.3. The molecule has 0 radical (unpaired) electrons. The van der Waals surface area contributed by atoms with Gasteiger partial charge in [0.2, 0.25) is 10.0 Å². The Morgan fingerprint density at radius 1 is 1.00 bits per heavy atom. The largest absolute Gasteiger partial charge is 0.497 e. The van der Waals surface area contributed by atoms with Gasteiger partial charge in [-0.2, -0.15) is 0 Å². The third-order valence-electron chi connectivity index (χ3n) is 4.56. The first kappa shape index (κ1) is 21.2. The van der Waals surface area contributed by atoms with Gasteiger partial charge in [-0.05, 0) is 42.9 Å². The molecular weight excluding hydrogens is 364 g/mol. The average Bonchev–Trinajstić information content (AvgIpc) is 2.71. The van der Waals surface area contributed by atoms with Crippen LogP contribution in [-0.2, 0) is 10.0 Å². The van der Waals surface area contributed by atoms with Crippen LogP contribution in [0, 0.1) is 0 Å². The molecule has 27 heavy (non-hydrogen) atoms. The van der Waals surface area contributed by atoms with Gasteiger partial charge in [0.05, 0.1) is 14.2 Å². The number of hydrogen-bond acceptors (Lipinski definition) is 5. The third-order valence-corrected chi connectivity index (χ3v) is 6.02. The molecule has 0 amide bonds. The molecule has 0 aliphatic rings. The summed E-state index contributed by atoms with van der Waals surface area (Å²) in [6, 6.07) is 14.2. The van der Waals surface area contributed by atoms with Crippen molar-refractivity contribution in [3.05, 3.63) is 54.1 Å². The number of para-hydroxylation sites is 1.